The largest absolute Gasteiger partial charge is 0.486 e. The number of aliphatic carboxylic acids is 1. The van der Waals surface area contributed by atoms with E-state index in [0.717, 1.165) is 0 Å². The lowest BCUT2D eigenvalue weighted by molar-refractivity contribution is -0.137. The molecule has 0 bridgehead atoms. The molecule has 0 saturated heterocycles. The van der Waals surface area contributed by atoms with Crippen LogP contribution in [0, 0.1) is 0 Å². The molecule has 3 N–H and O–H groups in total. The van der Waals surface area contributed by atoms with E-state index >= 15 is 0 Å². The Bertz CT molecular complexity index is 525. The standard InChI is InChI=1S/C14H18FNO4/c1-14(2,15)8-5-9(10(16)7-12(17)18)13-11(6-8)19-3-4-20-13/h5-6,10H,3-4,7,16H2,1-2H3,(H,17,18). The van der Waals surface area contributed by atoms with Crippen LogP contribution >= 0.6 is 0 Å². The van der Waals surface area contributed by atoms with Crippen LogP contribution in [-0.4, -0.2) is 24.3 Å². The Morgan fingerprint density at radius 2 is 2.10 bits per heavy atom. The van der Waals surface area contributed by atoms with Crippen molar-refractivity contribution in [1.29, 1.82) is 0 Å². The number of nitrogens with two attached hydrogens (primary N) is 1. The molecule has 2 rings (SSSR count). The van der Waals surface area contributed by atoms with Crippen molar-refractivity contribution >= 4 is 5.97 Å². The zero-order chi connectivity index (χ0) is 14.9. The number of carboxylic acid groups (broad SMARTS) is 1. The third-order valence-corrected chi connectivity index (χ3v) is 3.15. The minimum absolute atomic E-state index is 0.258. The zero-order valence-electron chi connectivity index (χ0n) is 11.5. The smallest absolute Gasteiger partial charge is 0.305 e. The Hall–Kier alpha value is -1.82. The first-order chi connectivity index (χ1) is 9.29. The fourth-order valence-electron chi connectivity index (χ4n) is 2.10. The molecule has 1 aromatic carbocycles. The lowest BCUT2D eigenvalue weighted by Gasteiger charge is -2.26. The SMILES string of the molecule is CC(C)(F)c1cc2c(c(C(N)CC(=O)O)c1)OCCO2. The Morgan fingerprint density at radius 1 is 1.45 bits per heavy atom. The molecule has 0 spiro atoms. The molecule has 5 nitrogen and oxygen atoms in total. The summed E-state index contributed by atoms with van der Waals surface area (Å²) in [5, 5.41) is 8.85. The van der Waals surface area contributed by atoms with E-state index in [4.69, 9.17) is 20.3 Å². The van der Waals surface area contributed by atoms with Crippen LogP contribution in [0.15, 0.2) is 12.1 Å². The van der Waals surface area contributed by atoms with Gasteiger partial charge in [0, 0.05) is 11.6 Å². The highest BCUT2D eigenvalue weighted by atomic mass is 19.1. The van der Waals surface area contributed by atoms with E-state index in [-0.39, 0.29) is 6.42 Å². The number of rotatable bonds is 4. The molecule has 1 aliphatic heterocycles. The van der Waals surface area contributed by atoms with Crippen LogP contribution in [0.25, 0.3) is 0 Å². The molecule has 6 heteroatoms. The van der Waals surface area contributed by atoms with Crippen LogP contribution in [0.4, 0.5) is 4.39 Å². The molecule has 1 atom stereocenters. The van der Waals surface area contributed by atoms with Gasteiger partial charge in [0.1, 0.15) is 18.9 Å². The normalized spacial score (nSPS) is 15.8. The lowest BCUT2D eigenvalue weighted by atomic mass is 9.93. The van der Waals surface area contributed by atoms with Crippen molar-refractivity contribution in [2.75, 3.05) is 13.2 Å². The number of hydrogen-bond donors (Lipinski definition) is 2. The van der Waals surface area contributed by atoms with Crippen molar-refractivity contribution in [2.24, 2.45) is 5.73 Å². The van der Waals surface area contributed by atoms with E-state index in [1.165, 1.54) is 13.8 Å². The Kier molecular flexibility index (Phi) is 3.85. The first kappa shape index (κ1) is 14.6. The number of hydrogen-bond acceptors (Lipinski definition) is 4. The van der Waals surface area contributed by atoms with Crippen LogP contribution in [0.1, 0.15) is 37.4 Å². The highest BCUT2D eigenvalue weighted by molar-refractivity contribution is 5.68. The maximum Gasteiger partial charge on any atom is 0.305 e. The highest BCUT2D eigenvalue weighted by Gasteiger charge is 2.28. The third kappa shape index (κ3) is 3.01. The van der Waals surface area contributed by atoms with Crippen LogP contribution in [0.5, 0.6) is 11.5 Å². The molecule has 0 aromatic heterocycles. The van der Waals surface area contributed by atoms with Crippen LogP contribution < -0.4 is 15.2 Å². The quantitative estimate of drug-likeness (QED) is 0.884. The first-order valence-electron chi connectivity index (χ1n) is 6.39. The van der Waals surface area contributed by atoms with Gasteiger partial charge < -0.3 is 20.3 Å². The monoisotopic (exact) mass is 283 g/mol. The Morgan fingerprint density at radius 3 is 2.70 bits per heavy atom. The predicted molar refractivity (Wildman–Crippen MR) is 70.7 cm³/mol. The number of alkyl halides is 1. The molecule has 1 unspecified atom stereocenters. The predicted octanol–water partition coefficient (Wildman–Crippen LogP) is 2.14. The number of benzene rings is 1. The summed E-state index contributed by atoms with van der Waals surface area (Å²) in [6.45, 7) is 3.57. The second kappa shape index (κ2) is 5.28. The zero-order valence-corrected chi connectivity index (χ0v) is 11.5. The van der Waals surface area contributed by atoms with Gasteiger partial charge in [-0.25, -0.2) is 4.39 Å². The van der Waals surface area contributed by atoms with Crippen molar-refractivity contribution in [3.63, 3.8) is 0 Å². The van der Waals surface area contributed by atoms with Gasteiger partial charge in [-0.3, -0.25) is 4.79 Å². The molecule has 1 aliphatic rings. The number of halogens is 1. The van der Waals surface area contributed by atoms with Crippen molar-refractivity contribution in [3.8, 4) is 11.5 Å². The fourth-order valence-corrected chi connectivity index (χ4v) is 2.10. The molecule has 0 saturated carbocycles. The van der Waals surface area contributed by atoms with Crippen molar-refractivity contribution < 1.29 is 23.8 Å². The summed E-state index contributed by atoms with van der Waals surface area (Å²) in [7, 11) is 0. The lowest BCUT2D eigenvalue weighted by Crippen LogP contribution is -2.22. The van der Waals surface area contributed by atoms with Crippen LogP contribution in [0.2, 0.25) is 0 Å². The summed E-state index contributed by atoms with van der Waals surface area (Å²) in [5.41, 5.74) is 5.17. The summed E-state index contributed by atoms with van der Waals surface area (Å²) in [4.78, 5) is 10.8. The van der Waals surface area contributed by atoms with Crippen molar-refractivity contribution in [1.82, 2.24) is 0 Å². The second-order valence-electron chi connectivity index (χ2n) is 5.27. The van der Waals surface area contributed by atoms with Gasteiger partial charge in [-0.05, 0) is 31.5 Å². The molecule has 20 heavy (non-hydrogen) atoms. The van der Waals surface area contributed by atoms with E-state index in [0.29, 0.717) is 35.8 Å². The van der Waals surface area contributed by atoms with Gasteiger partial charge in [0.15, 0.2) is 11.5 Å². The molecule has 1 aromatic rings. The fraction of sp³-hybridized carbons (Fsp3) is 0.500. The van der Waals surface area contributed by atoms with Gasteiger partial charge >= 0.3 is 5.97 Å². The summed E-state index contributed by atoms with van der Waals surface area (Å²) in [6, 6.07) is 2.36. The Labute approximate surface area is 116 Å². The molecule has 0 aliphatic carbocycles. The van der Waals surface area contributed by atoms with Gasteiger partial charge in [-0.2, -0.15) is 0 Å². The third-order valence-electron chi connectivity index (χ3n) is 3.15. The van der Waals surface area contributed by atoms with Crippen molar-refractivity contribution in [3.05, 3.63) is 23.3 Å². The summed E-state index contributed by atoms with van der Waals surface area (Å²) >= 11 is 0. The van der Waals surface area contributed by atoms with Gasteiger partial charge in [0.25, 0.3) is 0 Å². The van der Waals surface area contributed by atoms with Gasteiger partial charge in [-0.15, -0.1) is 0 Å². The number of carbonyl (C=O) groups is 1. The van der Waals surface area contributed by atoms with Crippen LogP contribution in [-0.2, 0) is 10.5 Å². The van der Waals surface area contributed by atoms with Crippen LogP contribution in [0.3, 0.4) is 0 Å². The van der Waals surface area contributed by atoms with E-state index < -0.39 is 17.7 Å². The maximum absolute atomic E-state index is 14.1. The van der Waals surface area contributed by atoms with Gasteiger partial charge in [0.05, 0.1) is 6.42 Å². The maximum atomic E-state index is 14.1. The molecule has 1 heterocycles. The number of fused-ring (bicyclic) bond motifs is 1. The molecular formula is C14H18FNO4. The Balaban J connectivity index is 2.49. The molecular weight excluding hydrogens is 265 g/mol. The van der Waals surface area contributed by atoms with Crippen molar-refractivity contribution in [2.45, 2.75) is 32.0 Å². The first-order valence-corrected chi connectivity index (χ1v) is 6.39. The highest BCUT2D eigenvalue weighted by Crippen LogP contribution is 2.41. The van der Waals surface area contributed by atoms with E-state index in [2.05, 4.69) is 0 Å². The molecule has 0 radical (unpaired) electrons. The van der Waals surface area contributed by atoms with Gasteiger partial charge in [-0.1, -0.05) is 0 Å². The minimum atomic E-state index is -1.58. The minimum Gasteiger partial charge on any atom is -0.486 e. The molecule has 0 amide bonds. The summed E-state index contributed by atoms with van der Waals surface area (Å²) in [5.74, 6) is -0.193. The van der Waals surface area contributed by atoms with E-state index in [1.807, 2.05) is 0 Å². The summed E-state index contributed by atoms with van der Waals surface area (Å²) in [6.07, 6.45) is -0.258. The number of ether oxygens (including phenoxy) is 2. The topological polar surface area (TPSA) is 81.8 Å². The molecule has 110 valence electrons. The van der Waals surface area contributed by atoms with Gasteiger partial charge in [0.2, 0.25) is 0 Å². The second-order valence-corrected chi connectivity index (χ2v) is 5.27. The average Bonchev–Trinajstić information content (AvgIpc) is 2.35. The van der Waals surface area contributed by atoms with E-state index in [9.17, 15) is 9.18 Å². The molecule has 0 fully saturated rings. The number of carboxylic acids is 1. The summed E-state index contributed by atoms with van der Waals surface area (Å²) < 4.78 is 25.1. The van der Waals surface area contributed by atoms with E-state index in [1.54, 1.807) is 12.1 Å². The average molecular weight is 283 g/mol.